The van der Waals surface area contributed by atoms with Gasteiger partial charge in [0, 0.05) is 42.8 Å². The van der Waals surface area contributed by atoms with Crippen LogP contribution in [0.15, 0.2) is 46.9 Å². The lowest BCUT2D eigenvalue weighted by Crippen LogP contribution is -2.31. The Bertz CT molecular complexity index is 1130. The van der Waals surface area contributed by atoms with Crippen LogP contribution in [0.2, 0.25) is 5.02 Å². The standard InChI is InChI=1S/C28H35ClN6OS/c29-22-11-9-21(10-12-22)24-14-13-23(36-24)20-30-28(37)33-27-31-25(34-15-5-1-2-6-16-34)19-26(32-27)35-17-7-3-4-8-18-35/h9-14,19H,1-8,15-18,20H2,(H2,30,31,32,33,37). The largest absolute Gasteiger partial charge is 0.459 e. The minimum Gasteiger partial charge on any atom is -0.459 e. The van der Waals surface area contributed by atoms with Gasteiger partial charge >= 0.3 is 0 Å². The normalized spacial score (nSPS) is 16.7. The van der Waals surface area contributed by atoms with Gasteiger partial charge in [-0.15, -0.1) is 0 Å². The molecule has 0 aliphatic carbocycles. The lowest BCUT2D eigenvalue weighted by atomic mass is 10.2. The molecule has 37 heavy (non-hydrogen) atoms. The van der Waals surface area contributed by atoms with E-state index in [2.05, 4.69) is 26.5 Å². The van der Waals surface area contributed by atoms with Crippen molar-refractivity contribution in [2.24, 2.45) is 0 Å². The van der Waals surface area contributed by atoms with Gasteiger partial charge in [-0.25, -0.2) is 0 Å². The molecule has 4 heterocycles. The second-order valence-corrected chi connectivity index (χ2v) is 10.6. The molecule has 0 bridgehead atoms. The minimum atomic E-state index is 0.463. The first kappa shape index (κ1) is 25.8. The SMILES string of the molecule is S=C(NCc1ccc(-c2ccc(Cl)cc2)o1)Nc1nc(N2CCCCCC2)cc(N2CCCCCC2)n1. The van der Waals surface area contributed by atoms with Crippen molar-refractivity contribution in [3.05, 3.63) is 53.2 Å². The summed E-state index contributed by atoms with van der Waals surface area (Å²) in [6, 6.07) is 13.7. The number of halogens is 1. The lowest BCUT2D eigenvalue weighted by molar-refractivity contribution is 0.516. The van der Waals surface area contributed by atoms with Gasteiger partial charge in [-0.3, -0.25) is 0 Å². The van der Waals surface area contributed by atoms with Gasteiger partial charge in [0.15, 0.2) is 5.11 Å². The van der Waals surface area contributed by atoms with E-state index in [9.17, 15) is 0 Å². The Morgan fingerprint density at radius 2 is 1.38 bits per heavy atom. The number of thiocarbonyl (C=S) groups is 1. The van der Waals surface area contributed by atoms with Gasteiger partial charge in [0.05, 0.1) is 6.54 Å². The van der Waals surface area contributed by atoms with E-state index in [-0.39, 0.29) is 0 Å². The third kappa shape index (κ3) is 7.14. The molecule has 2 aliphatic rings. The van der Waals surface area contributed by atoms with Gasteiger partial charge in [-0.2, -0.15) is 9.97 Å². The summed E-state index contributed by atoms with van der Waals surface area (Å²) in [5, 5.41) is 7.65. The molecule has 1 aromatic carbocycles. The molecule has 5 rings (SSSR count). The summed E-state index contributed by atoms with van der Waals surface area (Å²) in [5.41, 5.74) is 0.983. The molecular weight excluding hydrogens is 504 g/mol. The molecule has 0 amide bonds. The highest BCUT2D eigenvalue weighted by Crippen LogP contribution is 2.26. The number of anilines is 3. The Morgan fingerprint density at radius 1 is 0.811 bits per heavy atom. The van der Waals surface area contributed by atoms with Crippen molar-refractivity contribution in [1.82, 2.24) is 15.3 Å². The zero-order chi connectivity index (χ0) is 25.5. The predicted octanol–water partition coefficient (Wildman–Crippen LogP) is 6.64. The summed E-state index contributed by atoms with van der Waals surface area (Å²) >= 11 is 11.6. The van der Waals surface area contributed by atoms with Gasteiger partial charge in [0.2, 0.25) is 5.95 Å². The number of nitrogens with one attached hydrogen (secondary N) is 2. The molecule has 196 valence electrons. The van der Waals surface area contributed by atoms with Crippen molar-refractivity contribution < 1.29 is 4.42 Å². The molecule has 0 radical (unpaired) electrons. The van der Waals surface area contributed by atoms with E-state index in [0.717, 1.165) is 54.9 Å². The summed E-state index contributed by atoms with van der Waals surface area (Å²) in [4.78, 5) is 14.6. The van der Waals surface area contributed by atoms with Crippen LogP contribution in [0.4, 0.5) is 17.6 Å². The van der Waals surface area contributed by atoms with Gasteiger partial charge in [0.25, 0.3) is 0 Å². The number of rotatable bonds is 6. The Morgan fingerprint density at radius 3 is 1.95 bits per heavy atom. The average Bonchev–Trinajstić information content (AvgIpc) is 3.08. The summed E-state index contributed by atoms with van der Waals surface area (Å²) in [7, 11) is 0. The third-order valence-electron chi connectivity index (χ3n) is 7.00. The Labute approximate surface area is 229 Å². The molecule has 0 spiro atoms. The van der Waals surface area contributed by atoms with Gasteiger partial charge in [-0.05, 0) is 74.3 Å². The highest BCUT2D eigenvalue weighted by molar-refractivity contribution is 7.80. The number of furan rings is 1. The van der Waals surface area contributed by atoms with Crippen molar-refractivity contribution in [3.63, 3.8) is 0 Å². The fourth-order valence-corrected chi connectivity index (χ4v) is 5.25. The van der Waals surface area contributed by atoms with Crippen molar-refractivity contribution in [1.29, 1.82) is 0 Å². The van der Waals surface area contributed by atoms with Crippen LogP contribution < -0.4 is 20.4 Å². The van der Waals surface area contributed by atoms with Crippen molar-refractivity contribution in [3.8, 4) is 11.3 Å². The first-order valence-electron chi connectivity index (χ1n) is 13.4. The maximum Gasteiger partial charge on any atom is 0.232 e. The summed E-state index contributed by atoms with van der Waals surface area (Å²) in [6.45, 7) is 4.60. The van der Waals surface area contributed by atoms with Crippen molar-refractivity contribution in [2.75, 3.05) is 41.3 Å². The zero-order valence-corrected chi connectivity index (χ0v) is 22.8. The third-order valence-corrected chi connectivity index (χ3v) is 7.50. The van der Waals surface area contributed by atoms with Crippen LogP contribution in [0.1, 0.15) is 57.1 Å². The Hall–Kier alpha value is -2.84. The van der Waals surface area contributed by atoms with Crippen LogP contribution in [-0.4, -0.2) is 41.3 Å². The molecule has 3 aromatic rings. The lowest BCUT2D eigenvalue weighted by Gasteiger charge is -2.26. The van der Waals surface area contributed by atoms with E-state index in [1.807, 2.05) is 36.4 Å². The second kappa shape index (κ2) is 12.6. The molecule has 2 fully saturated rings. The molecule has 0 atom stereocenters. The van der Waals surface area contributed by atoms with Crippen LogP contribution in [0, 0.1) is 0 Å². The fraction of sp³-hybridized carbons (Fsp3) is 0.464. The van der Waals surface area contributed by atoms with Crippen LogP contribution in [-0.2, 0) is 6.54 Å². The minimum absolute atomic E-state index is 0.463. The van der Waals surface area contributed by atoms with Crippen molar-refractivity contribution in [2.45, 2.75) is 57.9 Å². The first-order valence-corrected chi connectivity index (χ1v) is 14.2. The highest BCUT2D eigenvalue weighted by Gasteiger charge is 2.18. The number of benzene rings is 1. The molecule has 2 aromatic heterocycles. The number of hydrogen-bond donors (Lipinski definition) is 2. The van der Waals surface area contributed by atoms with E-state index >= 15 is 0 Å². The highest BCUT2D eigenvalue weighted by atomic mass is 35.5. The predicted molar refractivity (Wildman–Crippen MR) is 156 cm³/mol. The molecule has 7 nitrogen and oxygen atoms in total. The van der Waals surface area contributed by atoms with Gasteiger partial charge in [0.1, 0.15) is 23.2 Å². The molecule has 2 aliphatic heterocycles. The second-order valence-electron chi connectivity index (χ2n) is 9.79. The van der Waals surface area contributed by atoms with E-state index in [4.69, 9.17) is 38.2 Å². The molecule has 2 saturated heterocycles. The van der Waals surface area contributed by atoms with Crippen LogP contribution in [0.3, 0.4) is 0 Å². The fourth-order valence-electron chi connectivity index (χ4n) is 4.96. The molecule has 2 N–H and O–H groups in total. The summed E-state index contributed by atoms with van der Waals surface area (Å²) < 4.78 is 5.99. The van der Waals surface area contributed by atoms with E-state index in [1.165, 1.54) is 51.4 Å². The van der Waals surface area contributed by atoms with E-state index in [1.54, 1.807) is 0 Å². The van der Waals surface area contributed by atoms with Crippen molar-refractivity contribution >= 4 is 46.5 Å². The summed E-state index contributed by atoms with van der Waals surface area (Å²) in [6.07, 6.45) is 9.94. The van der Waals surface area contributed by atoms with Crippen LogP contribution in [0.5, 0.6) is 0 Å². The van der Waals surface area contributed by atoms with Gasteiger partial charge in [-0.1, -0.05) is 37.3 Å². The smallest absolute Gasteiger partial charge is 0.232 e. The van der Waals surface area contributed by atoms with Gasteiger partial charge < -0.3 is 24.9 Å². The van der Waals surface area contributed by atoms with E-state index in [0.29, 0.717) is 22.6 Å². The van der Waals surface area contributed by atoms with Crippen LogP contribution >= 0.6 is 23.8 Å². The molecule has 0 unspecified atom stereocenters. The summed E-state index contributed by atoms with van der Waals surface area (Å²) in [5.74, 6) is 4.10. The number of aromatic nitrogens is 2. The van der Waals surface area contributed by atoms with E-state index < -0.39 is 0 Å². The maximum absolute atomic E-state index is 6.00. The number of nitrogens with zero attached hydrogens (tertiary/aromatic N) is 4. The number of hydrogen-bond acceptors (Lipinski definition) is 6. The molecule has 9 heteroatoms. The topological polar surface area (TPSA) is 69.5 Å². The monoisotopic (exact) mass is 538 g/mol. The zero-order valence-electron chi connectivity index (χ0n) is 21.2. The quantitative estimate of drug-likeness (QED) is 0.338. The Kier molecular flexibility index (Phi) is 8.79. The maximum atomic E-state index is 6.00. The van der Waals surface area contributed by atoms with Crippen LogP contribution in [0.25, 0.3) is 11.3 Å². The molecule has 0 saturated carbocycles. The Balaban J connectivity index is 1.27. The molecular formula is C28H35ClN6OS. The average molecular weight is 539 g/mol. The first-order chi connectivity index (χ1) is 18.1.